The summed E-state index contributed by atoms with van der Waals surface area (Å²) in [5.74, 6) is -1.19. The molecule has 4 unspecified atom stereocenters. The number of amides is 2. The molecule has 1 aromatic rings. The largest absolute Gasteiger partial charge is 0.499 e. The summed E-state index contributed by atoms with van der Waals surface area (Å²) < 4.78 is 22.3. The van der Waals surface area contributed by atoms with E-state index in [4.69, 9.17) is 29.2 Å². The van der Waals surface area contributed by atoms with Gasteiger partial charge in [0.2, 0.25) is 11.8 Å². The number of fused-ring (bicyclic) bond motifs is 1. The second kappa shape index (κ2) is 12.8. The summed E-state index contributed by atoms with van der Waals surface area (Å²) in [6, 6.07) is 6.23. The smallest absolute Gasteiger partial charge is 0.339 e. The number of aliphatic hydroxyl groups is 2. The Bertz CT molecular complexity index is 1040. The highest BCUT2D eigenvalue weighted by Gasteiger charge is 2.44. The molecule has 4 atom stereocenters. The summed E-state index contributed by atoms with van der Waals surface area (Å²) in [5, 5.41) is 20.5. The van der Waals surface area contributed by atoms with E-state index in [-0.39, 0.29) is 51.4 Å². The Morgan fingerprint density at radius 3 is 2.81 bits per heavy atom. The van der Waals surface area contributed by atoms with Crippen LogP contribution in [0.5, 0.6) is 0 Å². The Morgan fingerprint density at radius 2 is 2.00 bits per heavy atom. The number of aliphatic hydroxyl groups excluding tert-OH is 2. The van der Waals surface area contributed by atoms with E-state index in [0.717, 1.165) is 0 Å². The minimum absolute atomic E-state index is 0.0127. The summed E-state index contributed by atoms with van der Waals surface area (Å²) >= 11 is 0. The number of carbonyl (C=O) groups is 3. The first kappa shape index (κ1) is 26.8. The average molecular weight is 517 g/mol. The minimum Gasteiger partial charge on any atom is -0.499 e. The van der Waals surface area contributed by atoms with Crippen LogP contribution in [-0.2, 0) is 28.5 Å². The molecule has 3 aliphatic rings. The molecule has 2 saturated heterocycles. The number of ether oxygens (including phenoxy) is 4. The van der Waals surface area contributed by atoms with Crippen LogP contribution in [0.15, 0.2) is 42.2 Å². The fourth-order valence-electron chi connectivity index (χ4n) is 4.75. The lowest BCUT2D eigenvalue weighted by Crippen LogP contribution is -2.49. The van der Waals surface area contributed by atoms with Crippen molar-refractivity contribution >= 4 is 23.9 Å². The molecule has 2 fully saturated rings. The first-order valence-corrected chi connectivity index (χ1v) is 12.4. The lowest BCUT2D eigenvalue weighted by Gasteiger charge is -2.32. The summed E-state index contributed by atoms with van der Waals surface area (Å²) in [5.41, 5.74) is 1.28. The van der Waals surface area contributed by atoms with Gasteiger partial charge in [0.15, 0.2) is 0 Å². The van der Waals surface area contributed by atoms with E-state index in [1.54, 1.807) is 36.4 Å². The number of rotatable bonds is 10. The first-order chi connectivity index (χ1) is 18.0. The van der Waals surface area contributed by atoms with Gasteiger partial charge in [-0.05, 0) is 36.6 Å². The fourth-order valence-corrected chi connectivity index (χ4v) is 4.75. The minimum atomic E-state index is -0.768. The van der Waals surface area contributed by atoms with Crippen molar-refractivity contribution in [1.82, 2.24) is 10.2 Å². The molecule has 2 aliphatic heterocycles. The zero-order chi connectivity index (χ0) is 26.2. The number of esters is 1. The number of nitrogens with one attached hydrogen (secondary N) is 1. The highest BCUT2D eigenvalue weighted by molar-refractivity contribution is 5.98. The van der Waals surface area contributed by atoms with Crippen LogP contribution in [0.4, 0.5) is 0 Å². The fraction of sp³-hybridized carbons (Fsp3) is 0.500. The van der Waals surface area contributed by atoms with E-state index >= 15 is 0 Å². The Kier molecular flexibility index (Phi) is 9.29. The molecule has 0 bridgehead atoms. The van der Waals surface area contributed by atoms with Gasteiger partial charge in [-0.2, -0.15) is 0 Å². The van der Waals surface area contributed by atoms with Gasteiger partial charge in [-0.15, -0.1) is 0 Å². The van der Waals surface area contributed by atoms with Crippen molar-refractivity contribution in [2.75, 3.05) is 39.7 Å². The van der Waals surface area contributed by atoms with E-state index < -0.39 is 30.3 Å². The summed E-state index contributed by atoms with van der Waals surface area (Å²) in [6.07, 6.45) is 4.16. The third-order valence-corrected chi connectivity index (χ3v) is 6.49. The summed E-state index contributed by atoms with van der Waals surface area (Å²) in [6.45, 7) is 0.396. The molecule has 0 spiro atoms. The average Bonchev–Trinajstić information content (AvgIpc) is 3.59. The van der Waals surface area contributed by atoms with Crippen LogP contribution in [0.1, 0.15) is 35.2 Å². The van der Waals surface area contributed by atoms with E-state index in [2.05, 4.69) is 5.32 Å². The molecule has 0 radical (unpaired) electrons. The van der Waals surface area contributed by atoms with E-state index in [1.165, 1.54) is 11.2 Å². The molecule has 37 heavy (non-hydrogen) atoms. The molecule has 200 valence electrons. The Hall–Kier alpha value is -3.25. The van der Waals surface area contributed by atoms with Crippen molar-refractivity contribution in [2.24, 2.45) is 0 Å². The van der Waals surface area contributed by atoms with Gasteiger partial charge < -0.3 is 39.4 Å². The van der Waals surface area contributed by atoms with Crippen molar-refractivity contribution in [3.8, 4) is 0 Å². The van der Waals surface area contributed by atoms with Gasteiger partial charge in [-0.3, -0.25) is 9.59 Å². The second-order valence-electron chi connectivity index (χ2n) is 8.88. The molecule has 3 N–H and O–H groups in total. The molecule has 1 aromatic carbocycles. The Morgan fingerprint density at radius 1 is 1.16 bits per heavy atom. The maximum atomic E-state index is 13.5. The van der Waals surface area contributed by atoms with Gasteiger partial charge in [-0.1, -0.05) is 18.2 Å². The van der Waals surface area contributed by atoms with Gasteiger partial charge in [0.05, 0.1) is 25.0 Å². The molecule has 0 saturated carbocycles. The monoisotopic (exact) mass is 516 g/mol. The van der Waals surface area contributed by atoms with Gasteiger partial charge >= 0.3 is 5.97 Å². The second-order valence-corrected chi connectivity index (χ2v) is 8.88. The Labute approximate surface area is 214 Å². The molecule has 0 aromatic heterocycles. The maximum Gasteiger partial charge on any atom is 0.339 e. The number of hydrogen-bond donors (Lipinski definition) is 3. The van der Waals surface area contributed by atoms with Crippen LogP contribution in [-0.4, -0.2) is 97.0 Å². The standard InChI is InChI=1S/C26H32N2O9/c29-10-8-27-24(31)20-6-3-9-28(20)25(32)18-14-21-23(36-16-35-21)22(15-18)37-26(33)19-5-2-1-4-17(19)7-12-34-13-11-30/h1-2,4-5,7,12,14,20-23,29-30H,3,6,8-11,13,15-16H2,(H,27,31). The van der Waals surface area contributed by atoms with Crippen LogP contribution < -0.4 is 5.32 Å². The van der Waals surface area contributed by atoms with Crippen LogP contribution in [0.25, 0.3) is 6.08 Å². The molecule has 2 amide bonds. The first-order valence-electron chi connectivity index (χ1n) is 12.4. The normalized spacial score (nSPS) is 25.0. The zero-order valence-electron chi connectivity index (χ0n) is 20.4. The van der Waals surface area contributed by atoms with Crippen LogP contribution in [0.2, 0.25) is 0 Å². The van der Waals surface area contributed by atoms with Crippen LogP contribution in [0, 0.1) is 0 Å². The number of hydrogen-bond acceptors (Lipinski definition) is 9. The molecular weight excluding hydrogens is 484 g/mol. The van der Waals surface area contributed by atoms with Crippen molar-refractivity contribution in [2.45, 2.75) is 43.6 Å². The van der Waals surface area contributed by atoms with Gasteiger partial charge in [0.25, 0.3) is 0 Å². The highest BCUT2D eigenvalue weighted by Crippen LogP contribution is 2.33. The van der Waals surface area contributed by atoms with Crippen LogP contribution in [0.3, 0.4) is 0 Å². The molecule has 4 rings (SSSR count). The SMILES string of the molecule is O=C(OC1CC(C(=O)N2CCCC2C(=O)NCCO)=CC2OCOC21)c1ccccc1C=COCCO. The van der Waals surface area contributed by atoms with Gasteiger partial charge in [0, 0.05) is 25.1 Å². The molecule has 11 heteroatoms. The zero-order valence-corrected chi connectivity index (χ0v) is 20.4. The molecular formula is C26H32N2O9. The predicted molar refractivity (Wildman–Crippen MR) is 130 cm³/mol. The number of benzene rings is 1. The quantitative estimate of drug-likeness (QED) is 0.228. The molecule has 1 aliphatic carbocycles. The number of likely N-dealkylation sites (tertiary alicyclic amines) is 1. The molecule has 2 heterocycles. The predicted octanol–water partition coefficient (Wildman–Crippen LogP) is 0.363. The van der Waals surface area contributed by atoms with Crippen LogP contribution >= 0.6 is 0 Å². The molecule has 11 nitrogen and oxygen atoms in total. The third-order valence-electron chi connectivity index (χ3n) is 6.49. The van der Waals surface area contributed by atoms with E-state index in [9.17, 15) is 14.4 Å². The Balaban J connectivity index is 1.48. The van der Waals surface area contributed by atoms with E-state index in [0.29, 0.717) is 36.1 Å². The number of carbonyl (C=O) groups excluding carboxylic acids is 3. The topological polar surface area (TPSA) is 144 Å². The van der Waals surface area contributed by atoms with Crippen molar-refractivity contribution in [3.05, 3.63) is 53.3 Å². The lowest BCUT2D eigenvalue weighted by molar-refractivity contribution is -0.136. The number of nitrogens with zero attached hydrogens (tertiary/aromatic N) is 1. The maximum absolute atomic E-state index is 13.5. The highest BCUT2D eigenvalue weighted by atomic mass is 16.7. The third kappa shape index (κ3) is 6.37. The van der Waals surface area contributed by atoms with Crippen molar-refractivity contribution in [3.63, 3.8) is 0 Å². The van der Waals surface area contributed by atoms with Gasteiger partial charge in [0.1, 0.15) is 37.8 Å². The van der Waals surface area contributed by atoms with E-state index in [1.807, 2.05) is 0 Å². The van der Waals surface area contributed by atoms with Gasteiger partial charge in [-0.25, -0.2) is 4.79 Å². The summed E-state index contributed by atoms with van der Waals surface area (Å²) in [4.78, 5) is 40.7. The van der Waals surface area contributed by atoms with Crippen molar-refractivity contribution < 1.29 is 43.5 Å². The summed E-state index contributed by atoms with van der Waals surface area (Å²) in [7, 11) is 0. The lowest BCUT2D eigenvalue weighted by atomic mass is 9.91. The van der Waals surface area contributed by atoms with Crippen molar-refractivity contribution in [1.29, 1.82) is 0 Å².